The Labute approximate surface area is 153 Å². The van der Waals surface area contributed by atoms with Gasteiger partial charge in [-0.25, -0.2) is 0 Å². The van der Waals surface area contributed by atoms with E-state index in [-0.39, 0.29) is 22.9 Å². The summed E-state index contributed by atoms with van der Waals surface area (Å²) in [6, 6.07) is 10.2. The van der Waals surface area contributed by atoms with Crippen LogP contribution in [0, 0.1) is 16.2 Å². The Morgan fingerprint density at radius 1 is 1.00 bits per heavy atom. The van der Waals surface area contributed by atoms with Gasteiger partial charge in [0.2, 0.25) is 0 Å². The highest BCUT2D eigenvalue weighted by Crippen LogP contribution is 2.35. The van der Waals surface area contributed by atoms with Crippen molar-refractivity contribution in [2.24, 2.45) is 16.2 Å². The SMILES string of the molecule is CC(C)(C)C(=O)OC(CC(O)C(C)(C)Cc1ccccc1)C(C)(C)C. The third-order valence-corrected chi connectivity index (χ3v) is 4.67. The predicted molar refractivity (Wildman–Crippen MR) is 103 cm³/mol. The van der Waals surface area contributed by atoms with Crippen LogP contribution in [0.3, 0.4) is 0 Å². The molecule has 0 aliphatic carbocycles. The molecule has 0 amide bonds. The van der Waals surface area contributed by atoms with Gasteiger partial charge in [-0.1, -0.05) is 65.0 Å². The number of hydrogen-bond acceptors (Lipinski definition) is 3. The predicted octanol–water partition coefficient (Wildman–Crippen LogP) is 5.01. The molecule has 1 aromatic carbocycles. The normalized spacial score (nSPS) is 15.6. The van der Waals surface area contributed by atoms with Crippen molar-refractivity contribution in [3.63, 3.8) is 0 Å². The summed E-state index contributed by atoms with van der Waals surface area (Å²) in [7, 11) is 0. The quantitative estimate of drug-likeness (QED) is 0.735. The standard InChI is InChI=1S/C22H36O3/c1-20(2,3)18(25-19(24)21(4,5)6)14-17(23)22(7,8)15-16-12-10-9-11-13-16/h9-13,17-18,23H,14-15H2,1-8H3. The van der Waals surface area contributed by atoms with E-state index in [1.165, 1.54) is 5.56 Å². The third-order valence-electron chi connectivity index (χ3n) is 4.67. The van der Waals surface area contributed by atoms with Gasteiger partial charge in [-0.2, -0.15) is 0 Å². The van der Waals surface area contributed by atoms with Crippen molar-refractivity contribution in [1.29, 1.82) is 0 Å². The molecule has 25 heavy (non-hydrogen) atoms. The minimum atomic E-state index is -0.565. The van der Waals surface area contributed by atoms with E-state index in [1.54, 1.807) is 0 Å². The van der Waals surface area contributed by atoms with Crippen molar-refractivity contribution in [2.45, 2.75) is 80.4 Å². The van der Waals surface area contributed by atoms with Crippen LogP contribution in [-0.4, -0.2) is 23.3 Å². The molecule has 142 valence electrons. The summed E-state index contributed by atoms with van der Waals surface area (Å²) < 4.78 is 5.80. The summed E-state index contributed by atoms with van der Waals surface area (Å²) in [6.45, 7) is 15.8. The van der Waals surface area contributed by atoms with Crippen molar-refractivity contribution >= 4 is 5.97 Å². The number of carbonyl (C=O) groups is 1. The summed E-state index contributed by atoms with van der Waals surface area (Å²) in [5.74, 6) is -0.222. The van der Waals surface area contributed by atoms with Gasteiger partial charge in [0, 0.05) is 6.42 Å². The molecule has 2 atom stereocenters. The van der Waals surface area contributed by atoms with Gasteiger partial charge in [-0.05, 0) is 43.6 Å². The van der Waals surface area contributed by atoms with Gasteiger partial charge >= 0.3 is 5.97 Å². The lowest BCUT2D eigenvalue weighted by Crippen LogP contribution is -2.42. The molecule has 0 radical (unpaired) electrons. The average Bonchev–Trinajstić information content (AvgIpc) is 2.44. The highest BCUT2D eigenvalue weighted by atomic mass is 16.5. The Bertz CT molecular complexity index is 547. The third kappa shape index (κ3) is 6.81. The number of aliphatic hydroxyl groups excluding tert-OH is 1. The van der Waals surface area contributed by atoms with E-state index < -0.39 is 11.5 Å². The first-order valence-electron chi connectivity index (χ1n) is 9.16. The van der Waals surface area contributed by atoms with E-state index in [4.69, 9.17) is 4.74 Å². The molecule has 3 nitrogen and oxygen atoms in total. The molecule has 0 saturated carbocycles. The van der Waals surface area contributed by atoms with Gasteiger partial charge in [0.25, 0.3) is 0 Å². The van der Waals surface area contributed by atoms with Crippen LogP contribution in [0.1, 0.15) is 67.4 Å². The van der Waals surface area contributed by atoms with E-state index in [0.29, 0.717) is 6.42 Å². The number of aliphatic hydroxyl groups is 1. The number of rotatable bonds is 6. The van der Waals surface area contributed by atoms with Crippen LogP contribution in [0.25, 0.3) is 0 Å². The average molecular weight is 349 g/mol. The van der Waals surface area contributed by atoms with Gasteiger partial charge in [-0.15, -0.1) is 0 Å². The summed E-state index contributed by atoms with van der Waals surface area (Å²) in [5, 5.41) is 10.9. The van der Waals surface area contributed by atoms with E-state index in [2.05, 4.69) is 26.0 Å². The zero-order valence-electron chi connectivity index (χ0n) is 17.2. The van der Waals surface area contributed by atoms with E-state index >= 15 is 0 Å². The van der Waals surface area contributed by atoms with Crippen molar-refractivity contribution in [3.8, 4) is 0 Å². The summed E-state index contributed by atoms with van der Waals surface area (Å²) in [4.78, 5) is 12.3. The molecule has 0 heterocycles. The monoisotopic (exact) mass is 348 g/mol. The fourth-order valence-corrected chi connectivity index (χ4v) is 2.65. The molecule has 0 aliphatic heterocycles. The van der Waals surface area contributed by atoms with Crippen LogP contribution in [0.15, 0.2) is 30.3 Å². The van der Waals surface area contributed by atoms with E-state index in [0.717, 1.165) is 6.42 Å². The number of benzene rings is 1. The number of hydrogen-bond donors (Lipinski definition) is 1. The summed E-state index contributed by atoms with van der Waals surface area (Å²) in [6.07, 6.45) is 0.318. The fraction of sp³-hybridized carbons (Fsp3) is 0.682. The Morgan fingerprint density at radius 2 is 1.52 bits per heavy atom. The molecule has 0 aliphatic rings. The first-order valence-corrected chi connectivity index (χ1v) is 9.16. The van der Waals surface area contributed by atoms with Gasteiger partial charge in [-0.3, -0.25) is 4.79 Å². The Kier molecular flexibility index (Phi) is 6.86. The molecule has 2 unspecified atom stereocenters. The molecule has 1 aromatic rings. The van der Waals surface area contributed by atoms with Crippen LogP contribution >= 0.6 is 0 Å². The molecular formula is C22H36O3. The first-order chi connectivity index (χ1) is 11.2. The molecule has 1 rings (SSSR count). The fourth-order valence-electron chi connectivity index (χ4n) is 2.65. The van der Waals surface area contributed by atoms with Gasteiger partial charge < -0.3 is 9.84 Å². The second kappa shape index (κ2) is 7.90. The van der Waals surface area contributed by atoms with Crippen molar-refractivity contribution in [3.05, 3.63) is 35.9 Å². The Balaban J connectivity index is 2.86. The summed E-state index contributed by atoms with van der Waals surface area (Å²) in [5.41, 5.74) is 0.114. The smallest absolute Gasteiger partial charge is 0.311 e. The number of esters is 1. The van der Waals surface area contributed by atoms with Gasteiger partial charge in [0.15, 0.2) is 0 Å². The van der Waals surface area contributed by atoms with Crippen LogP contribution in [0.4, 0.5) is 0 Å². The van der Waals surface area contributed by atoms with Gasteiger partial charge in [0.05, 0.1) is 11.5 Å². The maximum absolute atomic E-state index is 12.3. The topological polar surface area (TPSA) is 46.5 Å². The van der Waals surface area contributed by atoms with Crippen LogP contribution in [0.2, 0.25) is 0 Å². The second-order valence-corrected chi connectivity index (χ2v) is 9.91. The highest BCUT2D eigenvalue weighted by molar-refractivity contribution is 5.75. The maximum Gasteiger partial charge on any atom is 0.311 e. The lowest BCUT2D eigenvalue weighted by Gasteiger charge is -2.38. The molecular weight excluding hydrogens is 312 g/mol. The largest absolute Gasteiger partial charge is 0.461 e. The zero-order valence-corrected chi connectivity index (χ0v) is 17.2. The van der Waals surface area contributed by atoms with Crippen molar-refractivity contribution in [1.82, 2.24) is 0 Å². The minimum absolute atomic E-state index is 0.222. The first kappa shape index (κ1) is 21.7. The molecule has 3 heteroatoms. The Hall–Kier alpha value is -1.35. The van der Waals surface area contributed by atoms with Crippen molar-refractivity contribution in [2.75, 3.05) is 0 Å². The van der Waals surface area contributed by atoms with E-state index in [9.17, 15) is 9.90 Å². The van der Waals surface area contributed by atoms with Crippen LogP contribution < -0.4 is 0 Å². The lowest BCUT2D eigenvalue weighted by atomic mass is 9.75. The Morgan fingerprint density at radius 3 is 1.96 bits per heavy atom. The second-order valence-electron chi connectivity index (χ2n) is 9.91. The molecule has 0 aromatic heterocycles. The van der Waals surface area contributed by atoms with Crippen molar-refractivity contribution < 1.29 is 14.6 Å². The number of ether oxygens (including phenoxy) is 1. The summed E-state index contributed by atoms with van der Waals surface area (Å²) >= 11 is 0. The van der Waals surface area contributed by atoms with Crippen LogP contribution in [0.5, 0.6) is 0 Å². The lowest BCUT2D eigenvalue weighted by molar-refractivity contribution is -0.167. The molecule has 0 fully saturated rings. The molecule has 0 spiro atoms. The maximum atomic E-state index is 12.3. The zero-order chi connectivity index (χ0) is 19.5. The molecule has 0 saturated heterocycles. The van der Waals surface area contributed by atoms with Gasteiger partial charge in [0.1, 0.15) is 6.10 Å². The molecule has 0 bridgehead atoms. The minimum Gasteiger partial charge on any atom is -0.461 e. The number of carbonyl (C=O) groups excluding carboxylic acids is 1. The molecule has 1 N–H and O–H groups in total. The van der Waals surface area contributed by atoms with E-state index in [1.807, 2.05) is 59.7 Å². The highest BCUT2D eigenvalue weighted by Gasteiger charge is 2.38. The van der Waals surface area contributed by atoms with Crippen LogP contribution in [-0.2, 0) is 16.0 Å².